The Morgan fingerprint density at radius 2 is 2.00 bits per heavy atom. The SMILES string of the molecule is CC[C@@H]1CN(C(=O)c2ccn(C(C)(C)C)c2)CCN1C(C)C. The number of nitrogens with zero attached hydrogens (tertiary/aromatic N) is 3. The minimum atomic E-state index is 0.0147. The summed E-state index contributed by atoms with van der Waals surface area (Å²) in [6, 6.07) is 2.97. The van der Waals surface area contributed by atoms with E-state index in [0.29, 0.717) is 12.1 Å². The van der Waals surface area contributed by atoms with Gasteiger partial charge < -0.3 is 9.47 Å². The molecular formula is C18H31N3O. The first-order chi connectivity index (χ1) is 10.2. The van der Waals surface area contributed by atoms with Gasteiger partial charge in [0.1, 0.15) is 0 Å². The van der Waals surface area contributed by atoms with Crippen molar-refractivity contribution in [3.63, 3.8) is 0 Å². The quantitative estimate of drug-likeness (QED) is 0.858. The van der Waals surface area contributed by atoms with Crippen LogP contribution in [-0.4, -0.2) is 52.0 Å². The summed E-state index contributed by atoms with van der Waals surface area (Å²) < 4.78 is 2.11. The minimum absolute atomic E-state index is 0.0147. The molecule has 0 N–H and O–H groups in total. The largest absolute Gasteiger partial charge is 0.348 e. The lowest BCUT2D eigenvalue weighted by molar-refractivity contribution is 0.0371. The normalized spacial score (nSPS) is 20.7. The van der Waals surface area contributed by atoms with E-state index in [-0.39, 0.29) is 11.4 Å². The fourth-order valence-electron chi connectivity index (χ4n) is 3.22. The van der Waals surface area contributed by atoms with Crippen LogP contribution < -0.4 is 0 Å². The first kappa shape index (κ1) is 17.1. The maximum absolute atomic E-state index is 12.8. The second-order valence-corrected chi connectivity index (χ2v) is 7.62. The van der Waals surface area contributed by atoms with E-state index in [2.05, 4.69) is 51.0 Å². The molecule has 1 fully saturated rings. The molecule has 0 unspecified atom stereocenters. The molecule has 0 radical (unpaired) electrons. The maximum atomic E-state index is 12.8. The van der Waals surface area contributed by atoms with Crippen molar-refractivity contribution in [1.82, 2.24) is 14.4 Å². The van der Waals surface area contributed by atoms with Gasteiger partial charge in [0.05, 0.1) is 5.56 Å². The number of rotatable bonds is 3. The molecule has 1 aliphatic heterocycles. The Morgan fingerprint density at radius 3 is 2.50 bits per heavy atom. The number of amides is 1. The first-order valence-corrected chi connectivity index (χ1v) is 8.47. The molecule has 0 aromatic carbocycles. The Hall–Kier alpha value is -1.29. The number of aromatic nitrogens is 1. The van der Waals surface area contributed by atoms with Crippen LogP contribution in [-0.2, 0) is 5.54 Å². The van der Waals surface area contributed by atoms with Gasteiger partial charge in [0.25, 0.3) is 5.91 Å². The van der Waals surface area contributed by atoms with Crippen LogP contribution in [0.5, 0.6) is 0 Å². The molecule has 1 saturated heterocycles. The van der Waals surface area contributed by atoms with Gasteiger partial charge in [-0.1, -0.05) is 6.92 Å². The summed E-state index contributed by atoms with van der Waals surface area (Å²) >= 11 is 0. The molecule has 1 amide bonds. The summed E-state index contributed by atoms with van der Waals surface area (Å²) in [6.45, 7) is 15.8. The molecular weight excluding hydrogens is 274 g/mol. The zero-order chi connectivity index (χ0) is 16.5. The Labute approximate surface area is 135 Å². The van der Waals surface area contributed by atoms with Gasteiger partial charge in [0.15, 0.2) is 0 Å². The van der Waals surface area contributed by atoms with Gasteiger partial charge in [0, 0.05) is 49.7 Å². The van der Waals surface area contributed by atoms with Gasteiger partial charge >= 0.3 is 0 Å². The Bertz CT molecular complexity index is 513. The van der Waals surface area contributed by atoms with Crippen molar-refractivity contribution < 1.29 is 4.79 Å². The van der Waals surface area contributed by atoms with Gasteiger partial charge in [-0.2, -0.15) is 0 Å². The van der Waals surface area contributed by atoms with E-state index in [9.17, 15) is 4.79 Å². The molecule has 0 saturated carbocycles. The molecule has 4 nitrogen and oxygen atoms in total. The Kier molecular flexibility index (Phi) is 5.00. The van der Waals surface area contributed by atoms with Crippen LogP contribution in [0, 0.1) is 0 Å². The highest BCUT2D eigenvalue weighted by atomic mass is 16.2. The lowest BCUT2D eigenvalue weighted by Crippen LogP contribution is -2.56. The Balaban J connectivity index is 2.09. The molecule has 124 valence electrons. The highest BCUT2D eigenvalue weighted by molar-refractivity contribution is 5.94. The van der Waals surface area contributed by atoms with E-state index in [1.807, 2.05) is 23.4 Å². The zero-order valence-corrected chi connectivity index (χ0v) is 15.0. The van der Waals surface area contributed by atoms with Gasteiger partial charge in [-0.3, -0.25) is 9.69 Å². The van der Waals surface area contributed by atoms with Crippen LogP contribution in [0.2, 0.25) is 0 Å². The monoisotopic (exact) mass is 305 g/mol. The topological polar surface area (TPSA) is 28.5 Å². The predicted molar refractivity (Wildman–Crippen MR) is 91.3 cm³/mol. The van der Waals surface area contributed by atoms with Gasteiger partial charge in [-0.05, 0) is 47.1 Å². The molecule has 1 aliphatic rings. The Morgan fingerprint density at radius 1 is 1.32 bits per heavy atom. The lowest BCUT2D eigenvalue weighted by atomic mass is 10.1. The number of carbonyl (C=O) groups excluding carboxylic acids is 1. The fourth-order valence-corrected chi connectivity index (χ4v) is 3.22. The first-order valence-electron chi connectivity index (χ1n) is 8.47. The molecule has 1 atom stereocenters. The highest BCUT2D eigenvalue weighted by Gasteiger charge is 2.30. The smallest absolute Gasteiger partial charge is 0.255 e. The summed E-state index contributed by atoms with van der Waals surface area (Å²) in [7, 11) is 0. The standard InChI is InChI=1S/C18H31N3O/c1-7-16-13-19(10-11-21(16)14(2)3)17(22)15-8-9-20(12-15)18(4,5)6/h8-9,12,14,16H,7,10-11,13H2,1-6H3/t16-/m1/s1. The zero-order valence-electron chi connectivity index (χ0n) is 15.0. The maximum Gasteiger partial charge on any atom is 0.255 e. The van der Waals surface area contributed by atoms with Gasteiger partial charge in [-0.15, -0.1) is 0 Å². The highest BCUT2D eigenvalue weighted by Crippen LogP contribution is 2.20. The summed E-state index contributed by atoms with van der Waals surface area (Å²) in [4.78, 5) is 17.3. The summed E-state index contributed by atoms with van der Waals surface area (Å²) in [5.74, 6) is 0.171. The van der Waals surface area contributed by atoms with E-state index in [0.717, 1.165) is 31.6 Å². The number of hydrogen-bond donors (Lipinski definition) is 0. The molecule has 22 heavy (non-hydrogen) atoms. The average molecular weight is 305 g/mol. The van der Waals surface area contributed by atoms with Crippen molar-refractivity contribution in [2.45, 2.75) is 65.6 Å². The van der Waals surface area contributed by atoms with Crippen molar-refractivity contribution in [3.8, 4) is 0 Å². The van der Waals surface area contributed by atoms with Gasteiger partial charge in [-0.25, -0.2) is 0 Å². The number of hydrogen-bond acceptors (Lipinski definition) is 2. The average Bonchev–Trinajstić information content (AvgIpc) is 2.95. The molecule has 0 bridgehead atoms. The van der Waals surface area contributed by atoms with Crippen LogP contribution in [0.25, 0.3) is 0 Å². The third kappa shape index (κ3) is 3.54. The van der Waals surface area contributed by atoms with E-state index in [1.54, 1.807) is 0 Å². The van der Waals surface area contributed by atoms with Crippen LogP contribution in [0.1, 0.15) is 58.3 Å². The van der Waals surface area contributed by atoms with Crippen molar-refractivity contribution in [3.05, 3.63) is 24.0 Å². The van der Waals surface area contributed by atoms with Crippen LogP contribution in [0.3, 0.4) is 0 Å². The molecule has 1 aromatic heterocycles. The molecule has 0 aliphatic carbocycles. The predicted octanol–water partition coefficient (Wildman–Crippen LogP) is 3.19. The number of piperazine rings is 1. The van der Waals surface area contributed by atoms with E-state index in [1.165, 1.54) is 0 Å². The third-order valence-electron chi connectivity index (χ3n) is 4.66. The fraction of sp³-hybridized carbons (Fsp3) is 0.722. The molecule has 0 spiro atoms. The van der Waals surface area contributed by atoms with Crippen molar-refractivity contribution in [2.24, 2.45) is 0 Å². The van der Waals surface area contributed by atoms with Gasteiger partial charge in [0.2, 0.25) is 0 Å². The number of carbonyl (C=O) groups is 1. The van der Waals surface area contributed by atoms with E-state index < -0.39 is 0 Å². The van der Waals surface area contributed by atoms with Crippen molar-refractivity contribution in [1.29, 1.82) is 0 Å². The van der Waals surface area contributed by atoms with Crippen LogP contribution >= 0.6 is 0 Å². The van der Waals surface area contributed by atoms with Crippen LogP contribution in [0.15, 0.2) is 18.5 Å². The summed E-state index contributed by atoms with van der Waals surface area (Å²) in [5, 5.41) is 0. The lowest BCUT2D eigenvalue weighted by Gasteiger charge is -2.43. The summed E-state index contributed by atoms with van der Waals surface area (Å²) in [6.07, 6.45) is 5.08. The second kappa shape index (κ2) is 6.45. The van der Waals surface area contributed by atoms with E-state index >= 15 is 0 Å². The van der Waals surface area contributed by atoms with E-state index in [4.69, 9.17) is 0 Å². The molecule has 1 aromatic rings. The molecule has 2 heterocycles. The molecule has 4 heteroatoms. The molecule has 2 rings (SSSR count). The third-order valence-corrected chi connectivity index (χ3v) is 4.66. The summed E-state index contributed by atoms with van der Waals surface area (Å²) in [5.41, 5.74) is 0.823. The minimum Gasteiger partial charge on any atom is -0.348 e. The van der Waals surface area contributed by atoms with Crippen LogP contribution in [0.4, 0.5) is 0 Å². The second-order valence-electron chi connectivity index (χ2n) is 7.62. The van der Waals surface area contributed by atoms with Crippen molar-refractivity contribution >= 4 is 5.91 Å². The van der Waals surface area contributed by atoms with Crippen molar-refractivity contribution in [2.75, 3.05) is 19.6 Å².